The second kappa shape index (κ2) is 9.33. The van der Waals surface area contributed by atoms with Crippen LogP contribution in [0.25, 0.3) is 0 Å². The molecule has 4 heteroatoms. The summed E-state index contributed by atoms with van der Waals surface area (Å²) < 4.78 is 13.4. The van der Waals surface area contributed by atoms with Crippen molar-refractivity contribution in [2.75, 3.05) is 0 Å². The molecule has 0 saturated carbocycles. The van der Waals surface area contributed by atoms with E-state index < -0.39 is 10.8 Å². The molecule has 0 aliphatic rings. The monoisotopic (exact) mass is 486 g/mol. The van der Waals surface area contributed by atoms with Crippen LogP contribution in [0.3, 0.4) is 0 Å². The van der Waals surface area contributed by atoms with Crippen molar-refractivity contribution in [3.63, 3.8) is 0 Å². The van der Waals surface area contributed by atoms with Gasteiger partial charge in [0.2, 0.25) is 0 Å². The molecule has 0 aliphatic heterocycles. The zero-order valence-electron chi connectivity index (χ0n) is 23.4. The van der Waals surface area contributed by atoms with Gasteiger partial charge >= 0.3 is 0 Å². The molecule has 2 aromatic rings. The molecule has 3 nitrogen and oxygen atoms in total. The summed E-state index contributed by atoms with van der Waals surface area (Å²) in [5, 5.41) is 22.0. The van der Waals surface area contributed by atoms with Gasteiger partial charge in [-0.05, 0) is 55.0 Å². The Balaban J connectivity index is 2.49. The van der Waals surface area contributed by atoms with Crippen molar-refractivity contribution >= 4 is 10.8 Å². The molecule has 2 N–H and O–H groups in total. The Kier molecular flexibility index (Phi) is 7.80. The lowest BCUT2D eigenvalue weighted by Gasteiger charge is -2.28. The zero-order chi connectivity index (χ0) is 26.4. The van der Waals surface area contributed by atoms with Crippen molar-refractivity contribution in [3.8, 4) is 11.5 Å². The summed E-state index contributed by atoms with van der Waals surface area (Å²) in [6.45, 7) is 25.1. The van der Waals surface area contributed by atoms with Crippen molar-refractivity contribution in [1.82, 2.24) is 0 Å². The molecular weight excluding hydrogens is 440 g/mol. The fraction of sp³-hybridized carbons (Fsp3) is 0.600. The van der Waals surface area contributed by atoms with Crippen LogP contribution in [0, 0.1) is 0 Å². The minimum absolute atomic E-state index is 0.220. The van der Waals surface area contributed by atoms with Crippen LogP contribution in [0.4, 0.5) is 0 Å². The van der Waals surface area contributed by atoms with Crippen LogP contribution >= 0.6 is 0 Å². The number of benzene rings is 2. The molecule has 0 amide bonds. The first-order valence-electron chi connectivity index (χ1n) is 12.2. The fourth-order valence-corrected chi connectivity index (χ4v) is 5.44. The molecule has 0 aromatic heterocycles. The lowest BCUT2D eigenvalue weighted by Crippen LogP contribution is -2.19. The van der Waals surface area contributed by atoms with E-state index in [4.69, 9.17) is 0 Å². The van der Waals surface area contributed by atoms with Crippen LogP contribution in [0.5, 0.6) is 11.5 Å². The highest BCUT2D eigenvalue weighted by atomic mass is 32.2. The van der Waals surface area contributed by atoms with Crippen molar-refractivity contribution in [1.29, 1.82) is 0 Å². The lowest BCUT2D eigenvalue weighted by atomic mass is 9.78. The molecule has 0 atom stereocenters. The molecule has 0 spiro atoms. The second-order valence-corrected chi connectivity index (χ2v) is 15.3. The SMILES string of the molecule is CC(C)(C)c1cc(CS(=O)Cc2cc(C(C)(C)C)c(O)c(C(C)(C)C)c2)cc(C(C)(C)C)c1O. The van der Waals surface area contributed by atoms with Crippen molar-refractivity contribution < 1.29 is 14.4 Å². The molecule has 190 valence electrons. The standard InChI is InChI=1S/C30H46O3S/c1-27(2,3)21-13-19(14-22(25(21)31)28(4,5)6)17-34(33)18-20-15-23(29(7,8)9)26(32)24(16-20)30(10,11)12/h13-16,31-32H,17-18H2,1-12H3. The van der Waals surface area contributed by atoms with Crippen molar-refractivity contribution in [2.45, 2.75) is 116 Å². The number of aromatic hydroxyl groups is 2. The summed E-state index contributed by atoms with van der Waals surface area (Å²) in [5.41, 5.74) is 4.65. The third-order valence-electron chi connectivity index (χ3n) is 6.23. The average Bonchev–Trinajstić information content (AvgIpc) is 2.60. The van der Waals surface area contributed by atoms with Gasteiger partial charge in [-0.3, -0.25) is 4.21 Å². The zero-order valence-corrected chi connectivity index (χ0v) is 24.3. The maximum atomic E-state index is 13.4. The van der Waals surface area contributed by atoms with Gasteiger partial charge < -0.3 is 10.2 Å². The summed E-state index contributed by atoms with van der Waals surface area (Å²) in [4.78, 5) is 0. The van der Waals surface area contributed by atoms with E-state index in [0.29, 0.717) is 23.0 Å². The van der Waals surface area contributed by atoms with Crippen LogP contribution in [0.1, 0.15) is 116 Å². The summed E-state index contributed by atoms with van der Waals surface area (Å²) in [7, 11) is -1.14. The Labute approximate surface area is 210 Å². The third-order valence-corrected chi connectivity index (χ3v) is 7.54. The Morgan fingerprint density at radius 1 is 0.529 bits per heavy atom. The number of phenols is 2. The van der Waals surface area contributed by atoms with Crippen molar-refractivity contribution in [3.05, 3.63) is 57.6 Å². The highest BCUT2D eigenvalue weighted by Gasteiger charge is 2.28. The van der Waals surface area contributed by atoms with E-state index in [1.165, 1.54) is 0 Å². The average molecular weight is 487 g/mol. The molecule has 0 fully saturated rings. The molecular formula is C30H46O3S. The van der Waals surface area contributed by atoms with E-state index in [2.05, 4.69) is 83.1 Å². The quantitative estimate of drug-likeness (QED) is 0.465. The summed E-state index contributed by atoms with van der Waals surface area (Å²) in [6.07, 6.45) is 0. The summed E-state index contributed by atoms with van der Waals surface area (Å²) >= 11 is 0. The van der Waals surface area contributed by atoms with Gasteiger partial charge in [0.05, 0.1) is 0 Å². The van der Waals surface area contributed by atoms with Gasteiger partial charge in [0.25, 0.3) is 0 Å². The van der Waals surface area contributed by atoms with Crippen LogP contribution in [-0.2, 0) is 44.0 Å². The predicted octanol–water partition coefficient (Wildman–Crippen LogP) is 7.74. The molecule has 0 bridgehead atoms. The molecule has 0 unspecified atom stereocenters. The minimum Gasteiger partial charge on any atom is -0.507 e. The number of phenolic OH excluding ortho intramolecular Hbond substituents is 2. The van der Waals surface area contributed by atoms with E-state index in [0.717, 1.165) is 33.4 Å². The van der Waals surface area contributed by atoms with E-state index in [-0.39, 0.29) is 21.7 Å². The smallest absolute Gasteiger partial charge is 0.123 e. The molecule has 0 heterocycles. The Morgan fingerprint density at radius 3 is 0.912 bits per heavy atom. The third kappa shape index (κ3) is 6.65. The number of hydrogen-bond donors (Lipinski definition) is 2. The van der Waals surface area contributed by atoms with Gasteiger partial charge in [-0.15, -0.1) is 0 Å². The highest BCUT2D eigenvalue weighted by molar-refractivity contribution is 7.83. The minimum atomic E-state index is -1.14. The maximum absolute atomic E-state index is 13.4. The predicted molar refractivity (Wildman–Crippen MR) is 147 cm³/mol. The maximum Gasteiger partial charge on any atom is 0.123 e. The van der Waals surface area contributed by atoms with E-state index in [1.54, 1.807) is 0 Å². The molecule has 34 heavy (non-hydrogen) atoms. The van der Waals surface area contributed by atoms with Crippen LogP contribution in [0.15, 0.2) is 24.3 Å². The van der Waals surface area contributed by atoms with Gasteiger partial charge in [-0.25, -0.2) is 0 Å². The highest BCUT2D eigenvalue weighted by Crippen LogP contribution is 2.41. The fourth-order valence-electron chi connectivity index (χ4n) is 4.26. The topological polar surface area (TPSA) is 57.5 Å². The summed E-state index contributed by atoms with van der Waals surface area (Å²) in [6, 6.07) is 8.06. The van der Waals surface area contributed by atoms with Gasteiger partial charge in [-0.2, -0.15) is 0 Å². The number of rotatable bonds is 4. The van der Waals surface area contributed by atoms with Crippen LogP contribution in [0.2, 0.25) is 0 Å². The molecule has 0 radical (unpaired) electrons. The molecule has 0 aliphatic carbocycles. The molecule has 0 saturated heterocycles. The Hall–Kier alpha value is -1.81. The van der Waals surface area contributed by atoms with Crippen LogP contribution in [-0.4, -0.2) is 14.4 Å². The largest absolute Gasteiger partial charge is 0.507 e. The van der Waals surface area contributed by atoms with Crippen LogP contribution < -0.4 is 0 Å². The first-order valence-corrected chi connectivity index (χ1v) is 13.7. The van der Waals surface area contributed by atoms with E-state index in [1.807, 2.05) is 24.3 Å². The first-order chi connectivity index (χ1) is 15.1. The van der Waals surface area contributed by atoms with E-state index in [9.17, 15) is 14.4 Å². The van der Waals surface area contributed by atoms with E-state index >= 15 is 0 Å². The van der Waals surface area contributed by atoms with Gasteiger partial charge in [0.1, 0.15) is 11.5 Å². The Morgan fingerprint density at radius 2 is 0.735 bits per heavy atom. The first kappa shape index (κ1) is 28.4. The molecule has 2 aromatic carbocycles. The number of hydrogen-bond acceptors (Lipinski definition) is 3. The van der Waals surface area contributed by atoms with Gasteiger partial charge in [0, 0.05) is 22.3 Å². The summed E-state index contributed by atoms with van der Waals surface area (Å²) in [5.74, 6) is 1.53. The normalized spacial score (nSPS) is 13.6. The molecule has 2 rings (SSSR count). The Bertz CT molecular complexity index is 913. The second-order valence-electron chi connectivity index (χ2n) is 13.8. The van der Waals surface area contributed by atoms with Crippen molar-refractivity contribution in [2.24, 2.45) is 0 Å². The lowest BCUT2D eigenvalue weighted by molar-refractivity contribution is 0.422. The van der Waals surface area contributed by atoms with Gasteiger partial charge in [0.15, 0.2) is 0 Å². The van der Waals surface area contributed by atoms with Gasteiger partial charge in [-0.1, -0.05) is 107 Å².